The zero-order valence-electron chi connectivity index (χ0n) is 14.8. The number of hydrogen-bond acceptors (Lipinski definition) is 4. The Balaban J connectivity index is 2.08. The van der Waals surface area contributed by atoms with Gasteiger partial charge in [-0.05, 0) is 42.0 Å². The number of halogens is 1. The monoisotopic (exact) mass is 385 g/mol. The number of nitrogens with one attached hydrogen (secondary N) is 2. The van der Waals surface area contributed by atoms with E-state index >= 15 is 0 Å². The number of carbonyl (C=O) groups is 1. The first-order valence-electron chi connectivity index (χ1n) is 8.39. The van der Waals surface area contributed by atoms with E-state index in [1.165, 1.54) is 21.9 Å². The Morgan fingerprint density at radius 3 is 2.46 bits per heavy atom. The molecule has 0 radical (unpaired) electrons. The molecule has 0 saturated heterocycles. The molecule has 26 heavy (non-hydrogen) atoms. The molecule has 0 bridgehead atoms. The highest BCUT2D eigenvalue weighted by molar-refractivity contribution is 7.87. The summed E-state index contributed by atoms with van der Waals surface area (Å²) < 4.78 is 41.7. The third kappa shape index (κ3) is 5.34. The molecule has 2 rings (SSSR count). The minimum atomic E-state index is -3.89. The molecule has 0 saturated carbocycles. The highest BCUT2D eigenvalue weighted by Crippen LogP contribution is 2.23. The van der Waals surface area contributed by atoms with Gasteiger partial charge in [-0.2, -0.15) is 17.4 Å². The molecule has 1 aromatic rings. The van der Waals surface area contributed by atoms with Crippen LogP contribution >= 0.6 is 0 Å². The molecule has 0 aromatic heterocycles. The minimum absolute atomic E-state index is 0.0614. The summed E-state index contributed by atoms with van der Waals surface area (Å²) in [6.45, 7) is 4.10. The standard InChI is InChI=1S/C17H24FN3O4S/c1-12(2)11-16(17(22)19-23)20-26(24,25)21-9-7-14(8-10-21)13-3-5-15(18)6-4-13/h3-7,12,16,20,23H,8-11H2,1-2H3,(H,19,22)/t16-/m1/s1. The maximum absolute atomic E-state index is 13.0. The zero-order chi connectivity index (χ0) is 19.3. The Morgan fingerprint density at radius 1 is 1.31 bits per heavy atom. The highest BCUT2D eigenvalue weighted by atomic mass is 32.2. The Labute approximate surface area is 153 Å². The number of benzene rings is 1. The lowest BCUT2D eigenvalue weighted by Crippen LogP contribution is -2.52. The smallest absolute Gasteiger partial charge is 0.280 e. The van der Waals surface area contributed by atoms with E-state index < -0.39 is 22.2 Å². The second kappa shape index (κ2) is 8.72. The molecule has 1 amide bonds. The fraction of sp³-hybridized carbons (Fsp3) is 0.471. The quantitative estimate of drug-likeness (QED) is 0.491. The van der Waals surface area contributed by atoms with E-state index in [0.29, 0.717) is 6.42 Å². The van der Waals surface area contributed by atoms with Crippen LogP contribution in [0.3, 0.4) is 0 Å². The van der Waals surface area contributed by atoms with E-state index in [0.717, 1.165) is 11.1 Å². The van der Waals surface area contributed by atoms with E-state index in [9.17, 15) is 17.6 Å². The van der Waals surface area contributed by atoms with E-state index in [2.05, 4.69) is 4.72 Å². The van der Waals surface area contributed by atoms with Gasteiger partial charge in [0, 0.05) is 13.1 Å². The van der Waals surface area contributed by atoms with Crippen LogP contribution in [-0.2, 0) is 15.0 Å². The number of carbonyl (C=O) groups excluding carboxylic acids is 1. The van der Waals surface area contributed by atoms with Gasteiger partial charge in [-0.25, -0.2) is 9.87 Å². The Hall–Kier alpha value is -1.81. The number of hydroxylamine groups is 1. The van der Waals surface area contributed by atoms with Crippen molar-refractivity contribution >= 4 is 21.7 Å². The van der Waals surface area contributed by atoms with Crippen molar-refractivity contribution in [1.82, 2.24) is 14.5 Å². The van der Waals surface area contributed by atoms with Crippen molar-refractivity contribution in [2.24, 2.45) is 5.92 Å². The van der Waals surface area contributed by atoms with Gasteiger partial charge in [0.05, 0.1) is 0 Å². The van der Waals surface area contributed by atoms with E-state index in [1.54, 1.807) is 18.2 Å². The summed E-state index contributed by atoms with van der Waals surface area (Å²) in [5.41, 5.74) is 3.30. The summed E-state index contributed by atoms with van der Waals surface area (Å²) in [6.07, 6.45) is 2.52. The Bertz CT molecular complexity index is 763. The van der Waals surface area contributed by atoms with Gasteiger partial charge in [0.15, 0.2) is 0 Å². The largest absolute Gasteiger partial charge is 0.289 e. The molecule has 1 atom stereocenters. The Morgan fingerprint density at radius 2 is 1.96 bits per heavy atom. The van der Waals surface area contributed by atoms with Crippen molar-refractivity contribution < 1.29 is 22.8 Å². The van der Waals surface area contributed by atoms with Crippen LogP contribution in [0, 0.1) is 11.7 Å². The fourth-order valence-electron chi connectivity index (χ4n) is 2.81. The van der Waals surface area contributed by atoms with Crippen molar-refractivity contribution in [3.05, 3.63) is 41.7 Å². The van der Waals surface area contributed by atoms with Crippen molar-refractivity contribution in [3.63, 3.8) is 0 Å². The summed E-state index contributed by atoms with van der Waals surface area (Å²) >= 11 is 0. The molecule has 7 nitrogen and oxygen atoms in total. The molecule has 0 fully saturated rings. The Kier molecular flexibility index (Phi) is 6.87. The molecule has 0 aliphatic carbocycles. The lowest BCUT2D eigenvalue weighted by atomic mass is 10.0. The molecular formula is C17H24FN3O4S. The van der Waals surface area contributed by atoms with Crippen LogP contribution in [0.15, 0.2) is 30.3 Å². The van der Waals surface area contributed by atoms with Crippen molar-refractivity contribution in [2.45, 2.75) is 32.7 Å². The molecule has 3 N–H and O–H groups in total. The van der Waals surface area contributed by atoms with Crippen LogP contribution in [0.2, 0.25) is 0 Å². The number of nitrogens with zero attached hydrogens (tertiary/aromatic N) is 1. The summed E-state index contributed by atoms with van der Waals surface area (Å²) in [6, 6.07) is 5.00. The predicted molar refractivity (Wildman–Crippen MR) is 95.8 cm³/mol. The van der Waals surface area contributed by atoms with Crippen LogP contribution in [-0.4, -0.2) is 43.0 Å². The molecule has 0 unspecified atom stereocenters. The lowest BCUT2D eigenvalue weighted by molar-refractivity contribution is -0.131. The molecule has 1 aromatic carbocycles. The van der Waals surface area contributed by atoms with Gasteiger partial charge < -0.3 is 0 Å². The van der Waals surface area contributed by atoms with Gasteiger partial charge in [-0.1, -0.05) is 32.1 Å². The van der Waals surface area contributed by atoms with Crippen LogP contribution < -0.4 is 10.2 Å². The van der Waals surface area contributed by atoms with Crippen LogP contribution in [0.1, 0.15) is 32.3 Å². The number of amides is 1. The average molecular weight is 385 g/mol. The second-order valence-electron chi connectivity index (χ2n) is 6.63. The molecule has 9 heteroatoms. The molecule has 1 heterocycles. The number of rotatable bonds is 7. The highest BCUT2D eigenvalue weighted by Gasteiger charge is 2.30. The first kappa shape index (κ1) is 20.5. The molecule has 1 aliphatic heterocycles. The summed E-state index contributed by atoms with van der Waals surface area (Å²) in [5, 5.41) is 8.82. The summed E-state index contributed by atoms with van der Waals surface area (Å²) in [5.74, 6) is -1.05. The first-order valence-corrected chi connectivity index (χ1v) is 9.83. The van der Waals surface area contributed by atoms with Crippen LogP contribution in [0.5, 0.6) is 0 Å². The van der Waals surface area contributed by atoms with Crippen molar-refractivity contribution in [1.29, 1.82) is 0 Å². The van der Waals surface area contributed by atoms with Gasteiger partial charge in [-0.15, -0.1) is 0 Å². The maximum Gasteiger partial charge on any atom is 0.280 e. The van der Waals surface area contributed by atoms with Crippen LogP contribution in [0.25, 0.3) is 5.57 Å². The topological polar surface area (TPSA) is 98.7 Å². The average Bonchev–Trinajstić information content (AvgIpc) is 2.60. The second-order valence-corrected chi connectivity index (χ2v) is 8.33. The van der Waals surface area contributed by atoms with Crippen LogP contribution in [0.4, 0.5) is 4.39 Å². The van der Waals surface area contributed by atoms with Gasteiger partial charge in [0.2, 0.25) is 0 Å². The zero-order valence-corrected chi connectivity index (χ0v) is 15.6. The van der Waals surface area contributed by atoms with E-state index in [1.807, 2.05) is 13.8 Å². The van der Waals surface area contributed by atoms with Gasteiger partial charge in [-0.3, -0.25) is 10.0 Å². The summed E-state index contributed by atoms with van der Waals surface area (Å²) in [4.78, 5) is 11.7. The third-order valence-corrected chi connectivity index (χ3v) is 5.75. The fourth-order valence-corrected chi connectivity index (χ4v) is 4.12. The van der Waals surface area contributed by atoms with Crippen molar-refractivity contribution in [3.8, 4) is 0 Å². The molecule has 1 aliphatic rings. The van der Waals surface area contributed by atoms with Gasteiger partial charge in [0.25, 0.3) is 16.1 Å². The number of hydrogen-bond donors (Lipinski definition) is 3. The lowest BCUT2D eigenvalue weighted by Gasteiger charge is -2.28. The predicted octanol–water partition coefficient (Wildman–Crippen LogP) is 1.67. The summed E-state index contributed by atoms with van der Waals surface area (Å²) in [7, 11) is -3.89. The van der Waals surface area contributed by atoms with E-state index in [-0.39, 0.29) is 31.2 Å². The van der Waals surface area contributed by atoms with Crippen molar-refractivity contribution in [2.75, 3.05) is 13.1 Å². The maximum atomic E-state index is 13.0. The molecule has 0 spiro atoms. The molecular weight excluding hydrogens is 361 g/mol. The third-order valence-electron chi connectivity index (χ3n) is 4.15. The molecule has 144 valence electrons. The van der Waals surface area contributed by atoms with Gasteiger partial charge in [0.1, 0.15) is 11.9 Å². The van der Waals surface area contributed by atoms with E-state index in [4.69, 9.17) is 5.21 Å². The SMILES string of the molecule is CC(C)C[C@@H](NS(=O)(=O)N1CC=C(c2ccc(F)cc2)CC1)C(=O)NO. The first-order chi connectivity index (χ1) is 12.2. The van der Waals surface area contributed by atoms with Gasteiger partial charge >= 0.3 is 0 Å². The minimum Gasteiger partial charge on any atom is -0.289 e. The normalized spacial score (nSPS) is 17.0.